The fourth-order valence-corrected chi connectivity index (χ4v) is 4.39. The molecule has 0 unspecified atom stereocenters. The summed E-state index contributed by atoms with van der Waals surface area (Å²) in [6.07, 6.45) is 0. The van der Waals surface area contributed by atoms with Crippen molar-refractivity contribution in [1.82, 2.24) is 4.31 Å². The number of ether oxygens (including phenoxy) is 1. The zero-order valence-electron chi connectivity index (χ0n) is 16.9. The zero-order valence-corrected chi connectivity index (χ0v) is 18.5. The molecule has 0 saturated heterocycles. The van der Waals surface area contributed by atoms with Crippen molar-refractivity contribution in [2.24, 2.45) is 0 Å². The van der Waals surface area contributed by atoms with Crippen LogP contribution in [0.15, 0.2) is 41.3 Å². The van der Waals surface area contributed by atoms with E-state index >= 15 is 0 Å². The number of carbonyl (C=O) groups excluding carboxylic acids is 2. The van der Waals surface area contributed by atoms with Crippen LogP contribution >= 0.6 is 11.6 Å². The van der Waals surface area contributed by atoms with Crippen LogP contribution in [-0.4, -0.2) is 44.3 Å². The first kappa shape index (κ1) is 23.7. The summed E-state index contributed by atoms with van der Waals surface area (Å²) in [7, 11) is -3.67. The molecular weight excluding hydrogens is 430 g/mol. The van der Waals surface area contributed by atoms with Crippen molar-refractivity contribution >= 4 is 44.9 Å². The Morgan fingerprint density at radius 1 is 1.13 bits per heavy atom. The molecule has 0 radical (unpaired) electrons. The molecule has 162 valence electrons. The number of amides is 1. The molecule has 10 heteroatoms. The molecule has 30 heavy (non-hydrogen) atoms. The average molecular weight is 454 g/mol. The van der Waals surface area contributed by atoms with Crippen LogP contribution in [0.1, 0.15) is 29.8 Å². The second kappa shape index (κ2) is 9.92. The lowest BCUT2D eigenvalue weighted by Crippen LogP contribution is -2.30. The summed E-state index contributed by atoms with van der Waals surface area (Å²) in [6.45, 7) is 5.33. The van der Waals surface area contributed by atoms with Crippen molar-refractivity contribution in [2.45, 2.75) is 25.7 Å². The van der Waals surface area contributed by atoms with E-state index in [1.54, 1.807) is 26.8 Å². The van der Waals surface area contributed by atoms with E-state index in [1.807, 2.05) is 0 Å². The number of halogens is 1. The summed E-state index contributed by atoms with van der Waals surface area (Å²) >= 11 is 5.79. The van der Waals surface area contributed by atoms with E-state index in [1.165, 1.54) is 34.6 Å². The predicted molar refractivity (Wildman–Crippen MR) is 116 cm³/mol. The first-order valence-corrected chi connectivity index (χ1v) is 11.0. The minimum atomic E-state index is -3.67. The van der Waals surface area contributed by atoms with Crippen LogP contribution in [0.25, 0.3) is 0 Å². The molecule has 0 fully saturated rings. The summed E-state index contributed by atoms with van der Waals surface area (Å²) in [4.78, 5) is 24.4. The summed E-state index contributed by atoms with van der Waals surface area (Å²) in [5.74, 6) is -1.38. The third kappa shape index (κ3) is 5.50. The summed E-state index contributed by atoms with van der Waals surface area (Å²) in [5, 5.41) is 2.95. The fraction of sp³-hybridized carbons (Fsp3) is 0.300. The van der Waals surface area contributed by atoms with E-state index < -0.39 is 28.5 Å². The molecule has 0 saturated carbocycles. The van der Waals surface area contributed by atoms with Gasteiger partial charge in [-0.25, -0.2) is 13.2 Å². The highest BCUT2D eigenvalue weighted by atomic mass is 35.5. The maximum absolute atomic E-state index is 12.7. The molecule has 8 nitrogen and oxygen atoms in total. The lowest BCUT2D eigenvalue weighted by molar-refractivity contribution is -0.119. The topological polar surface area (TPSA) is 119 Å². The van der Waals surface area contributed by atoms with Gasteiger partial charge in [-0.1, -0.05) is 31.5 Å². The third-order valence-electron chi connectivity index (χ3n) is 4.39. The van der Waals surface area contributed by atoms with Gasteiger partial charge in [-0.3, -0.25) is 4.79 Å². The predicted octanol–water partition coefficient (Wildman–Crippen LogP) is 3.06. The van der Waals surface area contributed by atoms with Gasteiger partial charge in [-0.2, -0.15) is 4.31 Å². The Morgan fingerprint density at radius 3 is 2.40 bits per heavy atom. The number of rotatable bonds is 8. The number of nitrogens with one attached hydrogen (secondary N) is 1. The van der Waals surface area contributed by atoms with Crippen LogP contribution in [0.4, 0.5) is 11.4 Å². The van der Waals surface area contributed by atoms with E-state index in [0.29, 0.717) is 29.4 Å². The highest BCUT2D eigenvalue weighted by Crippen LogP contribution is 2.23. The van der Waals surface area contributed by atoms with E-state index in [2.05, 4.69) is 5.32 Å². The Labute approximate surface area is 181 Å². The normalized spacial score (nSPS) is 11.4. The van der Waals surface area contributed by atoms with Crippen LogP contribution in [0.5, 0.6) is 0 Å². The number of nitrogens with zero attached hydrogens (tertiary/aromatic N) is 1. The molecular formula is C20H24ClN3O5S. The molecule has 3 N–H and O–H groups in total. The SMILES string of the molecule is CCN(CC)S(=O)(=O)c1ccc(C)c(NC(=O)COC(=O)c2ccc(Cl)cc2N)c1. The quantitative estimate of drug-likeness (QED) is 0.468. The van der Waals surface area contributed by atoms with Crippen LogP contribution < -0.4 is 11.1 Å². The molecule has 1 amide bonds. The Balaban J connectivity index is 2.10. The summed E-state index contributed by atoms with van der Waals surface area (Å²) < 4.78 is 31.7. The van der Waals surface area contributed by atoms with Crippen LogP contribution in [-0.2, 0) is 19.6 Å². The molecule has 0 heterocycles. The van der Waals surface area contributed by atoms with Gasteiger partial charge in [0, 0.05) is 29.5 Å². The molecule has 2 aromatic carbocycles. The van der Waals surface area contributed by atoms with Crippen molar-refractivity contribution in [2.75, 3.05) is 30.7 Å². The van der Waals surface area contributed by atoms with Gasteiger partial charge in [-0.15, -0.1) is 0 Å². The number of aryl methyl sites for hydroxylation is 1. The largest absolute Gasteiger partial charge is 0.452 e. The highest BCUT2D eigenvalue weighted by Gasteiger charge is 2.22. The van der Waals surface area contributed by atoms with Gasteiger partial charge in [0.15, 0.2) is 6.61 Å². The van der Waals surface area contributed by atoms with Gasteiger partial charge in [0.05, 0.1) is 10.5 Å². The Morgan fingerprint density at radius 2 is 1.80 bits per heavy atom. The van der Waals surface area contributed by atoms with Crippen LogP contribution in [0.2, 0.25) is 5.02 Å². The number of benzene rings is 2. The number of esters is 1. The highest BCUT2D eigenvalue weighted by molar-refractivity contribution is 7.89. The van der Waals surface area contributed by atoms with Crippen molar-refractivity contribution in [3.63, 3.8) is 0 Å². The average Bonchev–Trinajstić information content (AvgIpc) is 2.68. The van der Waals surface area contributed by atoms with Crippen LogP contribution in [0, 0.1) is 6.92 Å². The molecule has 0 aliphatic rings. The molecule has 0 bridgehead atoms. The summed E-state index contributed by atoms with van der Waals surface area (Å²) in [6, 6.07) is 8.78. The van der Waals surface area contributed by atoms with Crippen molar-refractivity contribution in [3.05, 3.63) is 52.5 Å². The lowest BCUT2D eigenvalue weighted by atomic mass is 10.2. The monoisotopic (exact) mass is 453 g/mol. The number of nitrogen functional groups attached to an aromatic ring is 1. The molecule has 0 aliphatic heterocycles. The third-order valence-corrected chi connectivity index (χ3v) is 6.68. The number of anilines is 2. The van der Waals surface area contributed by atoms with Gasteiger partial charge < -0.3 is 15.8 Å². The smallest absolute Gasteiger partial charge is 0.340 e. The second-order valence-electron chi connectivity index (χ2n) is 6.42. The minimum Gasteiger partial charge on any atom is -0.452 e. The van der Waals surface area contributed by atoms with E-state index in [9.17, 15) is 18.0 Å². The molecule has 0 spiro atoms. The molecule has 0 aliphatic carbocycles. The number of hydrogen-bond acceptors (Lipinski definition) is 6. The fourth-order valence-electron chi connectivity index (χ4n) is 2.72. The van der Waals surface area contributed by atoms with E-state index in [0.717, 1.165) is 0 Å². The number of hydrogen-bond donors (Lipinski definition) is 2. The maximum Gasteiger partial charge on any atom is 0.340 e. The van der Waals surface area contributed by atoms with Gasteiger partial charge in [0.25, 0.3) is 5.91 Å². The van der Waals surface area contributed by atoms with Gasteiger partial charge in [0.1, 0.15) is 0 Å². The lowest BCUT2D eigenvalue weighted by Gasteiger charge is -2.19. The molecule has 2 rings (SSSR count). The Bertz CT molecular complexity index is 1050. The van der Waals surface area contributed by atoms with Crippen molar-refractivity contribution in [3.8, 4) is 0 Å². The molecule has 0 aromatic heterocycles. The number of sulfonamides is 1. The van der Waals surface area contributed by atoms with Gasteiger partial charge >= 0.3 is 5.97 Å². The van der Waals surface area contributed by atoms with Gasteiger partial charge in [-0.05, 0) is 42.8 Å². The first-order valence-electron chi connectivity index (χ1n) is 9.23. The van der Waals surface area contributed by atoms with E-state index in [-0.39, 0.29) is 16.1 Å². The summed E-state index contributed by atoms with van der Waals surface area (Å²) in [5.41, 5.74) is 6.94. The number of nitrogens with two attached hydrogens (primary N) is 1. The van der Waals surface area contributed by atoms with Crippen LogP contribution in [0.3, 0.4) is 0 Å². The standard InChI is InChI=1S/C20H24ClN3O5S/c1-4-24(5-2)30(27,28)15-8-6-13(3)18(11-15)23-19(25)12-29-20(26)16-9-7-14(21)10-17(16)22/h6-11H,4-5,12,22H2,1-3H3,(H,23,25). The Hall–Kier alpha value is -2.62. The first-order chi connectivity index (χ1) is 14.1. The minimum absolute atomic E-state index is 0.0676. The van der Waals surface area contributed by atoms with Crippen molar-refractivity contribution in [1.29, 1.82) is 0 Å². The van der Waals surface area contributed by atoms with Gasteiger partial charge in [0.2, 0.25) is 10.0 Å². The zero-order chi connectivity index (χ0) is 22.5. The Kier molecular flexibility index (Phi) is 7.83. The maximum atomic E-state index is 12.7. The second-order valence-corrected chi connectivity index (χ2v) is 8.80. The molecule has 2 aromatic rings. The van der Waals surface area contributed by atoms with Crippen molar-refractivity contribution < 1.29 is 22.7 Å². The molecule has 0 atom stereocenters. The van der Waals surface area contributed by atoms with E-state index in [4.69, 9.17) is 22.1 Å². The number of carbonyl (C=O) groups is 2.